The summed E-state index contributed by atoms with van der Waals surface area (Å²) in [5, 5.41) is 4.27. The Morgan fingerprint density at radius 3 is 2.71 bits per heavy atom. The van der Waals surface area contributed by atoms with Gasteiger partial charge in [0, 0.05) is 28.8 Å². The van der Waals surface area contributed by atoms with E-state index in [0.717, 1.165) is 29.4 Å². The van der Waals surface area contributed by atoms with Gasteiger partial charge in [-0.05, 0) is 37.1 Å². The number of nitrogens with zero attached hydrogens (tertiary/aromatic N) is 1. The minimum Gasteiger partial charge on any atom is -0.399 e. The van der Waals surface area contributed by atoms with E-state index in [1.54, 1.807) is 0 Å². The van der Waals surface area contributed by atoms with Crippen LogP contribution in [0.2, 0.25) is 0 Å². The molecule has 3 rings (SSSR count). The summed E-state index contributed by atoms with van der Waals surface area (Å²) in [6.07, 6.45) is 9.26. The van der Waals surface area contributed by atoms with Crippen molar-refractivity contribution in [2.24, 2.45) is 0 Å². The SMILES string of the molecule is Nc1ccc2c(ccn2CC(=O)NC2CCCCCC2)c1. The quantitative estimate of drug-likeness (QED) is 0.672. The van der Waals surface area contributed by atoms with Crippen molar-refractivity contribution in [1.29, 1.82) is 0 Å². The minimum atomic E-state index is 0.108. The maximum Gasteiger partial charge on any atom is 0.240 e. The van der Waals surface area contributed by atoms with Crippen molar-refractivity contribution in [2.45, 2.75) is 51.1 Å². The zero-order chi connectivity index (χ0) is 14.7. The average Bonchev–Trinajstić information content (AvgIpc) is 2.68. The molecule has 0 unspecified atom stereocenters. The number of benzene rings is 1. The van der Waals surface area contributed by atoms with Gasteiger partial charge in [-0.25, -0.2) is 0 Å². The van der Waals surface area contributed by atoms with Gasteiger partial charge in [-0.2, -0.15) is 0 Å². The van der Waals surface area contributed by atoms with Crippen LogP contribution < -0.4 is 11.1 Å². The molecule has 21 heavy (non-hydrogen) atoms. The minimum absolute atomic E-state index is 0.108. The van der Waals surface area contributed by atoms with E-state index in [4.69, 9.17) is 5.73 Å². The highest BCUT2D eigenvalue weighted by Crippen LogP contribution is 2.19. The number of amides is 1. The first-order valence-corrected chi connectivity index (χ1v) is 7.86. The van der Waals surface area contributed by atoms with E-state index in [0.29, 0.717) is 12.6 Å². The van der Waals surface area contributed by atoms with Crippen LogP contribution in [0.25, 0.3) is 10.9 Å². The fraction of sp³-hybridized carbons (Fsp3) is 0.471. The Labute approximate surface area is 125 Å². The molecule has 1 aromatic heterocycles. The molecule has 1 aliphatic carbocycles. The van der Waals surface area contributed by atoms with Crippen molar-refractivity contribution in [3.63, 3.8) is 0 Å². The standard InChI is InChI=1S/C17H23N3O/c18-14-7-8-16-13(11-14)9-10-20(16)12-17(21)19-15-5-3-1-2-4-6-15/h7-11,15H,1-6,12,18H2,(H,19,21). The Balaban J connectivity index is 1.65. The van der Waals surface area contributed by atoms with Crippen molar-refractivity contribution in [3.8, 4) is 0 Å². The van der Waals surface area contributed by atoms with Crippen molar-refractivity contribution >= 4 is 22.5 Å². The number of nitrogens with two attached hydrogens (primary N) is 1. The number of nitrogen functional groups attached to an aromatic ring is 1. The lowest BCUT2D eigenvalue weighted by atomic mass is 10.1. The molecule has 1 saturated carbocycles. The number of carbonyl (C=O) groups is 1. The lowest BCUT2D eigenvalue weighted by Gasteiger charge is -2.16. The van der Waals surface area contributed by atoms with E-state index in [1.807, 2.05) is 35.0 Å². The van der Waals surface area contributed by atoms with Gasteiger partial charge in [0.1, 0.15) is 6.54 Å². The molecule has 0 spiro atoms. The number of hydrogen-bond donors (Lipinski definition) is 2. The van der Waals surface area contributed by atoms with Gasteiger partial charge in [0.25, 0.3) is 0 Å². The molecule has 0 saturated heterocycles. The van der Waals surface area contributed by atoms with Crippen LogP contribution in [0.4, 0.5) is 5.69 Å². The van der Waals surface area contributed by atoms with E-state index in [-0.39, 0.29) is 5.91 Å². The van der Waals surface area contributed by atoms with Crippen molar-refractivity contribution in [1.82, 2.24) is 9.88 Å². The third-order valence-electron chi connectivity index (χ3n) is 4.33. The van der Waals surface area contributed by atoms with Crippen LogP contribution in [-0.4, -0.2) is 16.5 Å². The molecule has 1 heterocycles. The Morgan fingerprint density at radius 2 is 1.95 bits per heavy atom. The topological polar surface area (TPSA) is 60.0 Å². The third-order valence-corrected chi connectivity index (χ3v) is 4.33. The van der Waals surface area contributed by atoms with Crippen molar-refractivity contribution < 1.29 is 4.79 Å². The van der Waals surface area contributed by atoms with Crippen LogP contribution in [-0.2, 0) is 11.3 Å². The second kappa shape index (κ2) is 6.20. The number of aromatic nitrogens is 1. The molecular weight excluding hydrogens is 262 g/mol. The van der Waals surface area contributed by atoms with Crippen LogP contribution in [0, 0.1) is 0 Å². The molecule has 1 amide bonds. The fourth-order valence-corrected chi connectivity index (χ4v) is 3.21. The first-order chi connectivity index (χ1) is 10.2. The monoisotopic (exact) mass is 285 g/mol. The van der Waals surface area contributed by atoms with Gasteiger partial charge in [-0.15, -0.1) is 0 Å². The normalized spacial score (nSPS) is 16.8. The summed E-state index contributed by atoms with van der Waals surface area (Å²) in [5.41, 5.74) is 7.59. The molecule has 1 fully saturated rings. The summed E-state index contributed by atoms with van der Waals surface area (Å²) in [7, 11) is 0. The van der Waals surface area contributed by atoms with Gasteiger partial charge in [-0.3, -0.25) is 4.79 Å². The van der Waals surface area contributed by atoms with E-state index in [9.17, 15) is 4.79 Å². The molecule has 4 nitrogen and oxygen atoms in total. The molecular formula is C17H23N3O. The highest BCUT2D eigenvalue weighted by Gasteiger charge is 2.15. The second-order valence-electron chi connectivity index (χ2n) is 6.02. The largest absolute Gasteiger partial charge is 0.399 e. The van der Waals surface area contributed by atoms with Gasteiger partial charge in [0.05, 0.1) is 0 Å². The highest BCUT2D eigenvalue weighted by atomic mass is 16.2. The zero-order valence-electron chi connectivity index (χ0n) is 12.3. The summed E-state index contributed by atoms with van der Waals surface area (Å²) in [5.74, 6) is 0.108. The number of hydrogen-bond acceptors (Lipinski definition) is 2. The van der Waals surface area contributed by atoms with Gasteiger partial charge in [0.2, 0.25) is 5.91 Å². The summed E-state index contributed by atoms with van der Waals surface area (Å²) < 4.78 is 1.99. The first kappa shape index (κ1) is 14.0. The van der Waals surface area contributed by atoms with Gasteiger partial charge < -0.3 is 15.6 Å². The third kappa shape index (κ3) is 3.38. The van der Waals surface area contributed by atoms with Crippen LogP contribution in [0.3, 0.4) is 0 Å². The van der Waals surface area contributed by atoms with Gasteiger partial charge in [-0.1, -0.05) is 25.7 Å². The molecule has 0 radical (unpaired) electrons. The zero-order valence-corrected chi connectivity index (χ0v) is 12.3. The first-order valence-electron chi connectivity index (χ1n) is 7.86. The molecule has 0 atom stereocenters. The molecule has 4 heteroatoms. The predicted molar refractivity (Wildman–Crippen MR) is 86.0 cm³/mol. The lowest BCUT2D eigenvalue weighted by Crippen LogP contribution is -2.36. The van der Waals surface area contributed by atoms with Gasteiger partial charge in [0.15, 0.2) is 0 Å². The van der Waals surface area contributed by atoms with E-state index < -0.39 is 0 Å². The molecule has 2 aromatic rings. The van der Waals surface area contributed by atoms with Crippen LogP contribution >= 0.6 is 0 Å². The van der Waals surface area contributed by atoms with Crippen molar-refractivity contribution in [3.05, 3.63) is 30.5 Å². The number of anilines is 1. The average molecular weight is 285 g/mol. The molecule has 1 aromatic carbocycles. The van der Waals surface area contributed by atoms with Crippen LogP contribution in [0.5, 0.6) is 0 Å². The Morgan fingerprint density at radius 1 is 1.19 bits per heavy atom. The smallest absolute Gasteiger partial charge is 0.240 e. The number of nitrogens with one attached hydrogen (secondary N) is 1. The second-order valence-corrected chi connectivity index (χ2v) is 6.02. The maximum absolute atomic E-state index is 12.2. The van der Waals surface area contributed by atoms with Crippen LogP contribution in [0.15, 0.2) is 30.5 Å². The summed E-state index contributed by atoms with van der Waals surface area (Å²) in [4.78, 5) is 12.2. The van der Waals surface area contributed by atoms with Crippen molar-refractivity contribution in [2.75, 3.05) is 5.73 Å². The number of carbonyl (C=O) groups excluding carboxylic acids is 1. The van der Waals surface area contributed by atoms with E-state index in [1.165, 1.54) is 25.7 Å². The molecule has 0 aliphatic heterocycles. The predicted octanol–water partition coefficient (Wildman–Crippen LogP) is 3.06. The van der Waals surface area contributed by atoms with Crippen LogP contribution in [0.1, 0.15) is 38.5 Å². The summed E-state index contributed by atoms with van der Waals surface area (Å²) in [6.45, 7) is 0.379. The maximum atomic E-state index is 12.2. The fourth-order valence-electron chi connectivity index (χ4n) is 3.21. The van der Waals surface area contributed by atoms with E-state index >= 15 is 0 Å². The summed E-state index contributed by atoms with van der Waals surface area (Å²) >= 11 is 0. The molecule has 0 bridgehead atoms. The number of fused-ring (bicyclic) bond motifs is 1. The molecule has 112 valence electrons. The number of rotatable bonds is 3. The Kier molecular flexibility index (Phi) is 4.13. The molecule has 1 aliphatic rings. The van der Waals surface area contributed by atoms with E-state index in [2.05, 4.69) is 5.32 Å². The Bertz CT molecular complexity index is 624. The Hall–Kier alpha value is -1.97. The van der Waals surface area contributed by atoms with Gasteiger partial charge >= 0.3 is 0 Å². The summed E-state index contributed by atoms with van der Waals surface area (Å²) in [6, 6.07) is 8.16. The highest BCUT2D eigenvalue weighted by molar-refractivity contribution is 5.85. The molecule has 3 N–H and O–H groups in total. The lowest BCUT2D eigenvalue weighted by molar-refractivity contribution is -0.122.